The second kappa shape index (κ2) is 12.7. The zero-order valence-corrected chi connectivity index (χ0v) is 22.7. The number of nitrogen functional groups attached to an aromatic ring is 2. The van der Waals surface area contributed by atoms with E-state index >= 15 is 0 Å². The van der Waals surface area contributed by atoms with Crippen molar-refractivity contribution in [2.45, 2.75) is 30.3 Å². The number of carbonyl (C=O) groups is 1. The van der Waals surface area contributed by atoms with Gasteiger partial charge in [0.05, 0.1) is 36.4 Å². The van der Waals surface area contributed by atoms with E-state index in [2.05, 4.69) is 10.4 Å². The van der Waals surface area contributed by atoms with Gasteiger partial charge >= 0.3 is 0 Å². The number of benzene rings is 2. The van der Waals surface area contributed by atoms with E-state index < -0.39 is 39.5 Å². The topological polar surface area (TPSA) is 226 Å². The fourth-order valence-corrected chi connectivity index (χ4v) is 6.00. The number of nitrogens with zero attached hydrogens (tertiary/aromatic N) is 3. The molecule has 0 aliphatic rings. The smallest absolute Gasteiger partial charge is 0.266 e. The highest BCUT2D eigenvalue weighted by molar-refractivity contribution is 7.89. The summed E-state index contributed by atoms with van der Waals surface area (Å²) in [5.74, 6) is -1.45. The summed E-state index contributed by atoms with van der Waals surface area (Å²) in [6.45, 7) is -0.381. The van der Waals surface area contributed by atoms with Crippen LogP contribution >= 0.6 is 46.4 Å². The molecular formula is C19H22Cl4N8O5S. The molecule has 202 valence electrons. The van der Waals surface area contributed by atoms with E-state index in [-0.39, 0.29) is 55.7 Å². The van der Waals surface area contributed by atoms with E-state index in [1.807, 2.05) is 0 Å². The number of carbonyl (C=O) groups excluding carboxylic acids is 1. The molecule has 0 saturated carbocycles. The number of guanidine groups is 1. The molecule has 13 nitrogen and oxygen atoms in total. The van der Waals surface area contributed by atoms with E-state index in [4.69, 9.17) is 69.3 Å². The maximum absolute atomic E-state index is 13.7. The second-order valence-corrected chi connectivity index (χ2v) is 11.1. The first-order valence-corrected chi connectivity index (χ1v) is 13.1. The summed E-state index contributed by atoms with van der Waals surface area (Å²) >= 11 is 24.3. The number of hydrogen-bond acceptors (Lipinski definition) is 7. The minimum absolute atomic E-state index is 0.0138. The fraction of sp³-hybridized carbons (Fsp3) is 0.263. The van der Waals surface area contributed by atoms with Crippen LogP contribution in [0.3, 0.4) is 0 Å². The first-order chi connectivity index (χ1) is 17.1. The average Bonchev–Trinajstić information content (AvgIpc) is 2.78. The molecule has 0 unspecified atom stereocenters. The van der Waals surface area contributed by atoms with Crippen molar-refractivity contribution in [2.75, 3.05) is 18.0 Å². The van der Waals surface area contributed by atoms with Crippen molar-refractivity contribution in [3.8, 4) is 0 Å². The van der Waals surface area contributed by atoms with Crippen molar-refractivity contribution < 1.29 is 18.2 Å². The van der Waals surface area contributed by atoms with E-state index in [0.717, 1.165) is 16.4 Å². The van der Waals surface area contributed by atoms with Crippen molar-refractivity contribution in [3.05, 3.63) is 60.0 Å². The first kappa shape index (κ1) is 30.5. The molecule has 9 N–H and O–H groups in total. The predicted molar refractivity (Wildman–Crippen MR) is 143 cm³/mol. The molecule has 2 aromatic rings. The summed E-state index contributed by atoms with van der Waals surface area (Å²) < 4.78 is 28.3. The number of amides is 1. The van der Waals surface area contributed by atoms with Gasteiger partial charge in [-0.1, -0.05) is 46.4 Å². The summed E-state index contributed by atoms with van der Waals surface area (Å²) in [5.41, 5.74) is 22.8. The normalized spacial score (nSPS) is 12.9. The number of sulfonamides is 1. The van der Waals surface area contributed by atoms with Crippen LogP contribution in [0, 0.1) is 10.1 Å². The van der Waals surface area contributed by atoms with Crippen LogP contribution in [-0.2, 0) is 21.4 Å². The Bertz CT molecular complexity index is 1300. The largest absolute Gasteiger partial charge is 0.396 e. The average molecular weight is 616 g/mol. The van der Waals surface area contributed by atoms with Crippen LogP contribution in [-0.4, -0.2) is 42.2 Å². The Kier molecular flexibility index (Phi) is 10.4. The Morgan fingerprint density at radius 1 is 1.03 bits per heavy atom. The van der Waals surface area contributed by atoms with Gasteiger partial charge < -0.3 is 28.3 Å². The highest BCUT2D eigenvalue weighted by Crippen LogP contribution is 2.34. The molecule has 0 fully saturated rings. The number of nitrogens with one attached hydrogen (secondary N) is 1. The number of halogens is 4. The lowest BCUT2D eigenvalue weighted by Gasteiger charge is -2.29. The Morgan fingerprint density at radius 3 is 1.97 bits per heavy atom. The zero-order chi connectivity index (χ0) is 28.1. The number of nitro groups is 1. The van der Waals surface area contributed by atoms with Crippen LogP contribution in [0.25, 0.3) is 0 Å². The monoisotopic (exact) mass is 614 g/mol. The van der Waals surface area contributed by atoms with Crippen molar-refractivity contribution in [2.24, 2.45) is 16.6 Å². The summed E-state index contributed by atoms with van der Waals surface area (Å²) in [6, 6.07) is 3.56. The van der Waals surface area contributed by atoms with Gasteiger partial charge in [-0.05, 0) is 42.7 Å². The maximum Gasteiger partial charge on any atom is 0.266 e. The third-order valence-corrected chi connectivity index (χ3v) is 8.05. The van der Waals surface area contributed by atoms with E-state index in [9.17, 15) is 23.3 Å². The molecule has 2 rings (SSSR count). The molecule has 0 radical (unpaired) electrons. The van der Waals surface area contributed by atoms with Crippen molar-refractivity contribution in [3.63, 3.8) is 0 Å². The van der Waals surface area contributed by atoms with Crippen LogP contribution in [0.1, 0.15) is 18.4 Å². The lowest BCUT2D eigenvalue weighted by molar-refractivity contribution is -0.485. The number of rotatable bonds is 11. The van der Waals surface area contributed by atoms with Crippen LogP contribution in [0.2, 0.25) is 20.1 Å². The van der Waals surface area contributed by atoms with Crippen LogP contribution in [0.4, 0.5) is 11.4 Å². The Labute approximate surface area is 231 Å². The molecule has 37 heavy (non-hydrogen) atoms. The van der Waals surface area contributed by atoms with Gasteiger partial charge in [0, 0.05) is 13.1 Å². The summed E-state index contributed by atoms with van der Waals surface area (Å²) in [6.07, 6.45) is 0.000240. The second-order valence-electron chi connectivity index (χ2n) is 7.53. The highest BCUT2D eigenvalue weighted by Gasteiger charge is 2.35. The Hall–Kier alpha value is -2.75. The molecule has 0 heterocycles. The van der Waals surface area contributed by atoms with E-state index in [0.29, 0.717) is 5.56 Å². The summed E-state index contributed by atoms with van der Waals surface area (Å²) in [5, 5.41) is 14.7. The molecule has 1 amide bonds. The summed E-state index contributed by atoms with van der Waals surface area (Å²) in [4.78, 5) is 22.5. The minimum Gasteiger partial charge on any atom is -0.396 e. The van der Waals surface area contributed by atoms with Crippen LogP contribution < -0.4 is 28.3 Å². The predicted octanol–water partition coefficient (Wildman–Crippen LogP) is 2.39. The molecule has 0 aliphatic heterocycles. The summed E-state index contributed by atoms with van der Waals surface area (Å²) in [7, 11) is -4.48. The molecule has 0 aromatic heterocycles. The number of anilines is 2. The molecule has 0 spiro atoms. The zero-order valence-electron chi connectivity index (χ0n) is 18.8. The SMILES string of the molecule is NC(=O)[C@@H](CCCNC(N)=N[N+](=O)[O-])N(Cc1cc(Cl)c(N)c(Cl)c1)S(=O)(=O)c1cc(Cl)c(N)c(Cl)c1. The van der Waals surface area contributed by atoms with Gasteiger partial charge in [-0.2, -0.15) is 4.31 Å². The molecular weight excluding hydrogens is 594 g/mol. The molecule has 0 bridgehead atoms. The molecule has 2 aromatic carbocycles. The lowest BCUT2D eigenvalue weighted by Crippen LogP contribution is -2.47. The Morgan fingerprint density at radius 2 is 1.51 bits per heavy atom. The van der Waals surface area contributed by atoms with Crippen LogP contribution in [0.15, 0.2) is 34.3 Å². The highest BCUT2D eigenvalue weighted by atomic mass is 35.5. The Balaban J connectivity index is 2.50. The van der Waals surface area contributed by atoms with Gasteiger partial charge in [0.25, 0.3) is 5.96 Å². The quantitative estimate of drug-likeness (QED) is 0.0623. The maximum atomic E-state index is 13.7. The van der Waals surface area contributed by atoms with Gasteiger partial charge in [0.1, 0.15) is 11.1 Å². The van der Waals surface area contributed by atoms with Gasteiger partial charge in [0.2, 0.25) is 15.9 Å². The first-order valence-electron chi connectivity index (χ1n) is 10.2. The van der Waals surface area contributed by atoms with Crippen LogP contribution in [0.5, 0.6) is 0 Å². The van der Waals surface area contributed by atoms with Gasteiger partial charge in [-0.25, -0.2) is 18.5 Å². The lowest BCUT2D eigenvalue weighted by atomic mass is 10.1. The van der Waals surface area contributed by atoms with Crippen molar-refractivity contribution >= 4 is 79.7 Å². The molecule has 1 atom stereocenters. The molecule has 0 saturated heterocycles. The van der Waals surface area contributed by atoms with Gasteiger partial charge in [0.15, 0.2) is 5.03 Å². The third-order valence-electron chi connectivity index (χ3n) is 4.96. The van der Waals surface area contributed by atoms with E-state index in [1.165, 1.54) is 12.1 Å². The standard InChI is InChI=1S/C19H22Cl4N8O5S/c20-11-4-9(5-12(21)16(11)24)8-30(37(35,36)10-6-13(22)17(25)14(23)7-10)15(18(26)32)2-1-3-28-19(27)29-31(33)34/h4-7,15H,1-3,8,24-25H2,(H2,26,32)(H3,27,28,29)/t15-/m1/s1. The van der Waals surface area contributed by atoms with Gasteiger partial charge in [-0.15, -0.1) is 0 Å². The molecule has 0 aliphatic carbocycles. The third kappa shape index (κ3) is 7.87. The van der Waals surface area contributed by atoms with Gasteiger partial charge in [-0.3, -0.25) is 4.79 Å². The van der Waals surface area contributed by atoms with Crippen molar-refractivity contribution in [1.82, 2.24) is 9.62 Å². The van der Waals surface area contributed by atoms with E-state index in [1.54, 1.807) is 0 Å². The number of hydrogen-bond donors (Lipinski definition) is 5. The number of primary amides is 1. The minimum atomic E-state index is -4.48. The molecule has 18 heteroatoms. The fourth-order valence-electron chi connectivity index (χ4n) is 3.18. The number of nitrogens with two attached hydrogens (primary N) is 4. The van der Waals surface area contributed by atoms with Crippen molar-refractivity contribution in [1.29, 1.82) is 0 Å². The number of hydrazone groups is 1.